The molecule has 2 nitrogen and oxygen atoms in total. The number of aliphatic hydroxyl groups excluding tert-OH is 1. The maximum atomic E-state index is 10.9. The Morgan fingerprint density at radius 3 is 2.48 bits per heavy atom. The molecule has 3 heteroatoms. The molecule has 1 aliphatic heterocycles. The van der Waals surface area contributed by atoms with Crippen LogP contribution in [0.4, 0.5) is 0 Å². The van der Waals surface area contributed by atoms with E-state index in [1.165, 1.54) is 4.90 Å². The molecule has 2 aromatic carbocycles. The van der Waals surface area contributed by atoms with Crippen molar-refractivity contribution >= 4 is 11.8 Å². The molecule has 0 bridgehead atoms. The molecule has 0 saturated carbocycles. The van der Waals surface area contributed by atoms with Gasteiger partial charge in [-0.3, -0.25) is 0 Å². The van der Waals surface area contributed by atoms with Crippen LogP contribution in [0.15, 0.2) is 77.8 Å². The lowest BCUT2D eigenvalue weighted by molar-refractivity contribution is 0.169. The molecule has 1 N–H and O–H groups in total. The molecule has 2 heterocycles. The maximum Gasteiger partial charge on any atom is 0.111 e. The molecule has 0 saturated heterocycles. The van der Waals surface area contributed by atoms with Gasteiger partial charge in [-0.15, -0.1) is 11.8 Å². The first kappa shape index (κ1) is 12.7. The quantitative estimate of drug-likeness (QED) is 0.721. The lowest BCUT2D eigenvalue weighted by atomic mass is 10.0. The highest BCUT2D eigenvalue weighted by atomic mass is 32.2. The summed E-state index contributed by atoms with van der Waals surface area (Å²) in [6.45, 7) is 0. The number of thioether (sulfide) groups is 1. The summed E-state index contributed by atoms with van der Waals surface area (Å²) >= 11 is 1.73. The van der Waals surface area contributed by atoms with Gasteiger partial charge >= 0.3 is 0 Å². The average Bonchev–Trinajstić information content (AvgIpc) is 2.98. The third kappa shape index (κ3) is 2.09. The second-order valence-electron chi connectivity index (χ2n) is 5.16. The fraction of sp³-hybridized carbons (Fsp3) is 0.111. The highest BCUT2D eigenvalue weighted by Gasteiger charge is 2.30. The van der Waals surface area contributed by atoms with Crippen LogP contribution in [0.3, 0.4) is 0 Å². The van der Waals surface area contributed by atoms with E-state index >= 15 is 0 Å². The number of benzene rings is 2. The van der Waals surface area contributed by atoms with E-state index < -0.39 is 6.10 Å². The topological polar surface area (TPSA) is 25.2 Å². The van der Waals surface area contributed by atoms with Crippen LogP contribution in [-0.4, -0.2) is 9.67 Å². The number of fused-ring (bicyclic) bond motifs is 3. The molecule has 0 fully saturated rings. The van der Waals surface area contributed by atoms with Gasteiger partial charge in [-0.25, -0.2) is 0 Å². The molecule has 0 amide bonds. The van der Waals surface area contributed by atoms with E-state index in [1.54, 1.807) is 11.8 Å². The minimum atomic E-state index is -0.528. The van der Waals surface area contributed by atoms with Gasteiger partial charge in [0.2, 0.25) is 0 Å². The summed E-state index contributed by atoms with van der Waals surface area (Å²) in [5, 5.41) is 10.9. The lowest BCUT2D eigenvalue weighted by Gasteiger charge is -2.20. The van der Waals surface area contributed by atoms with Crippen molar-refractivity contribution in [2.75, 3.05) is 0 Å². The van der Waals surface area contributed by atoms with Gasteiger partial charge in [0, 0.05) is 11.1 Å². The summed E-state index contributed by atoms with van der Waals surface area (Å²) in [5.41, 5.74) is 3.24. The largest absolute Gasteiger partial charge is 0.385 e. The van der Waals surface area contributed by atoms with Crippen molar-refractivity contribution in [1.82, 2.24) is 4.57 Å². The number of hydrogen-bond acceptors (Lipinski definition) is 2. The smallest absolute Gasteiger partial charge is 0.111 e. The Labute approximate surface area is 128 Å². The zero-order valence-corrected chi connectivity index (χ0v) is 12.2. The summed E-state index contributed by atoms with van der Waals surface area (Å²) in [5.74, 6) is 0. The second kappa shape index (κ2) is 5.10. The molecule has 21 heavy (non-hydrogen) atoms. The van der Waals surface area contributed by atoms with Gasteiger partial charge in [0.05, 0.1) is 16.6 Å². The first-order chi connectivity index (χ1) is 10.3. The Hall–Kier alpha value is -1.97. The van der Waals surface area contributed by atoms with Crippen molar-refractivity contribution in [1.29, 1.82) is 0 Å². The van der Waals surface area contributed by atoms with E-state index in [2.05, 4.69) is 34.9 Å². The summed E-state index contributed by atoms with van der Waals surface area (Å²) in [7, 11) is 0. The summed E-state index contributed by atoms with van der Waals surface area (Å²) in [4.78, 5) is 1.19. The minimum absolute atomic E-state index is 0.00324. The number of nitrogens with zero attached hydrogens (tertiary/aromatic N) is 1. The van der Waals surface area contributed by atoms with E-state index in [4.69, 9.17) is 0 Å². The molecular formula is C18H15NOS. The predicted octanol–water partition coefficient (Wildman–Crippen LogP) is 4.36. The number of hydrogen-bond donors (Lipinski definition) is 1. The first-order valence-corrected chi connectivity index (χ1v) is 7.89. The molecular weight excluding hydrogens is 278 g/mol. The third-order valence-electron chi connectivity index (χ3n) is 3.88. The van der Waals surface area contributed by atoms with E-state index in [0.29, 0.717) is 0 Å². The Kier molecular flexibility index (Phi) is 3.09. The molecule has 0 radical (unpaired) electrons. The molecule has 0 spiro atoms. The second-order valence-corrected chi connectivity index (χ2v) is 6.35. The van der Waals surface area contributed by atoms with Gasteiger partial charge in [-0.1, -0.05) is 42.5 Å². The highest BCUT2D eigenvalue weighted by Crippen LogP contribution is 2.48. The van der Waals surface area contributed by atoms with Crippen LogP contribution in [0.5, 0.6) is 0 Å². The number of para-hydroxylation sites is 1. The molecule has 2 atom stereocenters. The highest BCUT2D eigenvalue weighted by molar-refractivity contribution is 7.99. The van der Waals surface area contributed by atoms with E-state index in [0.717, 1.165) is 16.9 Å². The summed E-state index contributed by atoms with van der Waals surface area (Å²) in [6, 6.07) is 22.5. The monoisotopic (exact) mass is 293 g/mol. The average molecular weight is 293 g/mol. The molecule has 1 aliphatic rings. The van der Waals surface area contributed by atoms with E-state index in [9.17, 15) is 5.11 Å². The Morgan fingerprint density at radius 1 is 0.857 bits per heavy atom. The zero-order valence-electron chi connectivity index (χ0n) is 11.4. The van der Waals surface area contributed by atoms with Gasteiger partial charge in [-0.2, -0.15) is 0 Å². The van der Waals surface area contributed by atoms with Gasteiger partial charge in [0.1, 0.15) is 6.10 Å². The number of aliphatic hydroxyl groups is 1. The standard InChI is InChI=1S/C18H15NOS/c20-17-15-10-6-12-19(15)14-9-4-5-11-16(14)21-18(17)13-7-2-1-3-8-13/h1-12,17-18,20H/t17-,18-/m0/s1. The molecule has 0 unspecified atom stereocenters. The summed E-state index contributed by atoms with van der Waals surface area (Å²) < 4.78 is 2.09. The number of aromatic nitrogens is 1. The van der Waals surface area contributed by atoms with Gasteiger partial charge in [-0.05, 0) is 29.8 Å². The molecule has 4 rings (SSSR count). The minimum Gasteiger partial charge on any atom is -0.385 e. The number of rotatable bonds is 1. The van der Waals surface area contributed by atoms with Gasteiger partial charge in [0.25, 0.3) is 0 Å². The van der Waals surface area contributed by atoms with Gasteiger partial charge in [0.15, 0.2) is 0 Å². The van der Waals surface area contributed by atoms with E-state index in [1.807, 2.05) is 42.6 Å². The fourth-order valence-corrected chi connectivity index (χ4v) is 4.14. The van der Waals surface area contributed by atoms with Crippen molar-refractivity contribution < 1.29 is 5.11 Å². The Bertz CT molecular complexity index is 766. The Balaban J connectivity index is 1.91. The van der Waals surface area contributed by atoms with Crippen molar-refractivity contribution in [3.05, 3.63) is 84.2 Å². The van der Waals surface area contributed by atoms with Gasteiger partial charge < -0.3 is 9.67 Å². The lowest BCUT2D eigenvalue weighted by Crippen LogP contribution is -2.09. The Morgan fingerprint density at radius 2 is 1.62 bits per heavy atom. The molecule has 1 aromatic heterocycles. The third-order valence-corrected chi connectivity index (χ3v) is 5.26. The fourth-order valence-electron chi connectivity index (χ4n) is 2.86. The van der Waals surface area contributed by atoms with Crippen molar-refractivity contribution in [3.63, 3.8) is 0 Å². The van der Waals surface area contributed by atoms with Crippen LogP contribution in [-0.2, 0) is 0 Å². The predicted molar refractivity (Wildman–Crippen MR) is 85.8 cm³/mol. The van der Waals surface area contributed by atoms with Crippen LogP contribution < -0.4 is 0 Å². The van der Waals surface area contributed by atoms with Crippen LogP contribution in [0.1, 0.15) is 22.6 Å². The zero-order chi connectivity index (χ0) is 14.2. The normalized spacial score (nSPS) is 20.4. The molecule has 3 aromatic rings. The summed E-state index contributed by atoms with van der Waals surface area (Å²) in [6.07, 6.45) is 1.49. The van der Waals surface area contributed by atoms with Crippen LogP contribution in [0.2, 0.25) is 0 Å². The van der Waals surface area contributed by atoms with E-state index in [-0.39, 0.29) is 5.25 Å². The first-order valence-electron chi connectivity index (χ1n) is 7.01. The van der Waals surface area contributed by atoms with Crippen molar-refractivity contribution in [3.8, 4) is 5.69 Å². The molecule has 104 valence electrons. The maximum absolute atomic E-state index is 10.9. The van der Waals surface area contributed by atoms with Crippen molar-refractivity contribution in [2.45, 2.75) is 16.2 Å². The van der Waals surface area contributed by atoms with Crippen molar-refractivity contribution in [2.24, 2.45) is 0 Å². The van der Waals surface area contributed by atoms with Crippen LogP contribution in [0.25, 0.3) is 5.69 Å². The van der Waals surface area contributed by atoms with Crippen LogP contribution >= 0.6 is 11.8 Å². The molecule has 0 aliphatic carbocycles. The SMILES string of the molecule is O[C@H]1c2cccn2-c2ccccc2S[C@H]1c1ccccc1. The van der Waals surface area contributed by atoms with Crippen LogP contribution in [0, 0.1) is 0 Å².